The number of hydrogen-bond donors (Lipinski definition) is 1. The summed E-state index contributed by atoms with van der Waals surface area (Å²) in [5.74, 6) is -1.28. The molecule has 1 aliphatic heterocycles. The van der Waals surface area contributed by atoms with E-state index in [0.717, 1.165) is 0 Å². The third kappa shape index (κ3) is 2.58. The second-order valence-electron chi connectivity index (χ2n) is 3.67. The maximum Gasteiger partial charge on any atom is 0.468 e. The van der Waals surface area contributed by atoms with Crippen LogP contribution in [0.15, 0.2) is 35.3 Å². The second kappa shape index (κ2) is 4.37. The van der Waals surface area contributed by atoms with Gasteiger partial charge in [-0.2, -0.15) is 13.2 Å². The first-order chi connectivity index (χ1) is 7.98. The van der Waals surface area contributed by atoms with Crippen LogP contribution in [-0.4, -0.2) is 29.9 Å². The number of aliphatic hydroxyl groups is 1. The van der Waals surface area contributed by atoms with Gasteiger partial charge in [-0.3, -0.25) is 0 Å². The minimum Gasteiger partial charge on any atom is -0.472 e. The second-order valence-corrected chi connectivity index (χ2v) is 3.67. The van der Waals surface area contributed by atoms with Crippen LogP contribution in [0.4, 0.5) is 13.2 Å². The Balaban J connectivity index is 2.32. The van der Waals surface area contributed by atoms with Gasteiger partial charge in [-0.1, -0.05) is 30.3 Å². The zero-order chi connectivity index (χ0) is 12.5. The molecule has 0 bridgehead atoms. The van der Waals surface area contributed by atoms with Crippen LogP contribution < -0.4 is 0 Å². The summed E-state index contributed by atoms with van der Waals surface area (Å²) in [7, 11) is 0. The number of aliphatic hydroxyl groups excluding tert-OH is 1. The van der Waals surface area contributed by atoms with Gasteiger partial charge in [0.05, 0.1) is 0 Å². The highest BCUT2D eigenvalue weighted by molar-refractivity contribution is 5.82. The zero-order valence-electron chi connectivity index (χ0n) is 8.69. The van der Waals surface area contributed by atoms with Crippen molar-refractivity contribution in [3.05, 3.63) is 35.9 Å². The van der Waals surface area contributed by atoms with Crippen molar-refractivity contribution in [1.29, 1.82) is 0 Å². The highest BCUT2D eigenvalue weighted by atomic mass is 19.4. The zero-order valence-corrected chi connectivity index (χ0v) is 8.69. The van der Waals surface area contributed by atoms with Crippen LogP contribution in [0.2, 0.25) is 0 Å². The van der Waals surface area contributed by atoms with Gasteiger partial charge in [0, 0.05) is 0 Å². The maximum absolute atomic E-state index is 12.4. The Bertz CT molecular complexity index is 416. The summed E-state index contributed by atoms with van der Waals surface area (Å²) in [6, 6.07) is 7.42. The van der Waals surface area contributed by atoms with E-state index in [0.29, 0.717) is 5.56 Å². The fourth-order valence-electron chi connectivity index (χ4n) is 1.61. The molecule has 2 atom stereocenters. The minimum atomic E-state index is -4.62. The average Bonchev–Trinajstić information content (AvgIpc) is 2.29. The molecule has 2 rings (SSSR count). The Morgan fingerprint density at radius 2 is 1.88 bits per heavy atom. The lowest BCUT2D eigenvalue weighted by Gasteiger charge is -2.27. The summed E-state index contributed by atoms with van der Waals surface area (Å²) in [6.45, 7) is -0.405. The molecule has 1 heterocycles. The predicted octanol–water partition coefficient (Wildman–Crippen LogP) is 2.08. The molecular formula is C11H10F3NO2. The summed E-state index contributed by atoms with van der Waals surface area (Å²) in [5.41, 5.74) is 0.532. The summed E-state index contributed by atoms with van der Waals surface area (Å²) in [6.07, 6.45) is -5.68. The molecule has 3 nitrogen and oxygen atoms in total. The van der Waals surface area contributed by atoms with Crippen molar-refractivity contribution < 1.29 is 23.0 Å². The van der Waals surface area contributed by atoms with Crippen LogP contribution in [-0.2, 0) is 4.74 Å². The number of alkyl halides is 3. The highest BCUT2D eigenvalue weighted by Crippen LogP contribution is 2.29. The van der Waals surface area contributed by atoms with Crippen LogP contribution >= 0.6 is 0 Å². The molecule has 0 radical (unpaired) electrons. The first-order valence-corrected chi connectivity index (χ1v) is 4.99. The summed E-state index contributed by atoms with van der Waals surface area (Å²) in [5, 5.41) is 9.61. The Morgan fingerprint density at radius 1 is 1.24 bits per heavy atom. The molecule has 0 unspecified atom stereocenters. The molecular weight excluding hydrogens is 235 g/mol. The number of hydrogen-bond acceptors (Lipinski definition) is 3. The Kier molecular flexibility index (Phi) is 3.06. The smallest absolute Gasteiger partial charge is 0.468 e. The van der Waals surface area contributed by atoms with Crippen LogP contribution in [0, 0.1) is 0 Å². The molecule has 0 spiro atoms. The molecule has 1 aromatic carbocycles. The molecule has 0 amide bonds. The molecule has 0 saturated carbocycles. The average molecular weight is 245 g/mol. The van der Waals surface area contributed by atoms with Gasteiger partial charge in [0.1, 0.15) is 18.8 Å². The first kappa shape index (κ1) is 11.9. The topological polar surface area (TPSA) is 41.8 Å². The van der Waals surface area contributed by atoms with E-state index >= 15 is 0 Å². The van der Waals surface area contributed by atoms with E-state index in [-0.39, 0.29) is 0 Å². The van der Waals surface area contributed by atoms with Crippen molar-refractivity contribution >= 4 is 5.90 Å². The third-order valence-electron chi connectivity index (χ3n) is 2.40. The number of halogens is 3. The molecule has 0 fully saturated rings. The lowest BCUT2D eigenvalue weighted by atomic mass is 10.0. The van der Waals surface area contributed by atoms with Gasteiger partial charge < -0.3 is 9.84 Å². The van der Waals surface area contributed by atoms with E-state index < -0.39 is 30.8 Å². The lowest BCUT2D eigenvalue weighted by Crippen LogP contribution is -2.37. The van der Waals surface area contributed by atoms with E-state index in [1.165, 1.54) is 0 Å². The minimum absolute atomic E-state index is 0.405. The van der Waals surface area contributed by atoms with Crippen LogP contribution in [0.5, 0.6) is 0 Å². The van der Waals surface area contributed by atoms with E-state index in [1.54, 1.807) is 30.3 Å². The van der Waals surface area contributed by atoms with E-state index in [9.17, 15) is 18.3 Å². The maximum atomic E-state index is 12.4. The van der Waals surface area contributed by atoms with Crippen LogP contribution in [0.3, 0.4) is 0 Å². The van der Waals surface area contributed by atoms with Gasteiger partial charge >= 0.3 is 6.18 Å². The third-order valence-corrected chi connectivity index (χ3v) is 2.40. The highest BCUT2D eigenvalue weighted by Gasteiger charge is 2.42. The van der Waals surface area contributed by atoms with Gasteiger partial charge in [0.2, 0.25) is 0 Å². The summed E-state index contributed by atoms with van der Waals surface area (Å²) in [4.78, 5) is 3.42. The van der Waals surface area contributed by atoms with Gasteiger partial charge in [0.15, 0.2) is 0 Å². The summed E-state index contributed by atoms with van der Waals surface area (Å²) < 4.78 is 41.6. The Morgan fingerprint density at radius 3 is 2.47 bits per heavy atom. The molecule has 6 heteroatoms. The van der Waals surface area contributed by atoms with Crippen molar-refractivity contribution in [2.24, 2.45) is 4.99 Å². The Hall–Kier alpha value is -1.56. The standard InChI is InChI=1S/C11H10F3NO2/c12-11(13,14)10-15-9(8(16)6-17-10)7-4-2-1-3-5-7/h1-5,8-9,16H,6H2/t8-,9+/m0/s1. The number of nitrogens with zero attached hydrogens (tertiary/aromatic N) is 1. The molecule has 0 saturated heterocycles. The first-order valence-electron chi connectivity index (χ1n) is 4.99. The normalized spacial score (nSPS) is 25.1. The quantitative estimate of drug-likeness (QED) is 0.823. The van der Waals surface area contributed by atoms with Crippen molar-refractivity contribution in [2.45, 2.75) is 18.3 Å². The number of rotatable bonds is 1. The van der Waals surface area contributed by atoms with Crippen molar-refractivity contribution in [2.75, 3.05) is 6.61 Å². The molecule has 1 N–H and O–H groups in total. The number of benzene rings is 1. The molecule has 17 heavy (non-hydrogen) atoms. The van der Waals surface area contributed by atoms with Gasteiger partial charge in [0.25, 0.3) is 5.90 Å². The molecule has 0 aliphatic carbocycles. The predicted molar refractivity (Wildman–Crippen MR) is 54.6 cm³/mol. The van der Waals surface area contributed by atoms with Gasteiger partial charge in [-0.25, -0.2) is 4.99 Å². The fraction of sp³-hybridized carbons (Fsp3) is 0.364. The van der Waals surface area contributed by atoms with Crippen molar-refractivity contribution in [3.8, 4) is 0 Å². The number of ether oxygens (including phenoxy) is 1. The fourth-order valence-corrected chi connectivity index (χ4v) is 1.61. The molecule has 1 aromatic rings. The van der Waals surface area contributed by atoms with Crippen LogP contribution in [0.25, 0.3) is 0 Å². The van der Waals surface area contributed by atoms with Gasteiger partial charge in [-0.15, -0.1) is 0 Å². The van der Waals surface area contributed by atoms with Crippen molar-refractivity contribution in [1.82, 2.24) is 0 Å². The monoisotopic (exact) mass is 245 g/mol. The SMILES string of the molecule is O[C@H]1COC(C(F)(F)F)=N[C@@H]1c1ccccc1. The molecule has 0 aromatic heterocycles. The van der Waals surface area contributed by atoms with E-state index in [4.69, 9.17) is 0 Å². The number of aliphatic imine (C=N–C) groups is 1. The molecule has 92 valence electrons. The lowest BCUT2D eigenvalue weighted by molar-refractivity contribution is -0.0876. The van der Waals surface area contributed by atoms with Crippen LogP contribution in [0.1, 0.15) is 11.6 Å². The van der Waals surface area contributed by atoms with Crippen molar-refractivity contribution in [3.63, 3.8) is 0 Å². The van der Waals surface area contributed by atoms with Gasteiger partial charge in [-0.05, 0) is 5.56 Å². The Labute approximate surface area is 95.5 Å². The molecule has 1 aliphatic rings. The largest absolute Gasteiger partial charge is 0.472 e. The summed E-state index contributed by atoms with van der Waals surface area (Å²) >= 11 is 0. The van der Waals surface area contributed by atoms with E-state index in [2.05, 4.69) is 9.73 Å². The van der Waals surface area contributed by atoms with E-state index in [1.807, 2.05) is 0 Å².